The Morgan fingerprint density at radius 3 is 2.77 bits per heavy atom. The van der Waals surface area contributed by atoms with Gasteiger partial charge in [0.2, 0.25) is 11.1 Å². The molecule has 31 heavy (non-hydrogen) atoms. The molecule has 1 amide bonds. The molecule has 0 saturated heterocycles. The van der Waals surface area contributed by atoms with Crippen molar-refractivity contribution in [2.45, 2.75) is 31.5 Å². The molecular weight excluding hydrogens is 417 g/mol. The van der Waals surface area contributed by atoms with Crippen molar-refractivity contribution in [1.29, 1.82) is 0 Å². The van der Waals surface area contributed by atoms with Crippen LogP contribution in [0.1, 0.15) is 34.4 Å². The maximum absolute atomic E-state index is 13.9. The number of aromatic nitrogens is 6. The fraction of sp³-hybridized carbons (Fsp3) is 0.286. The third-order valence-electron chi connectivity index (χ3n) is 5.15. The number of nitrogens with zero attached hydrogens (tertiary/aromatic N) is 6. The number of rotatable bonds is 6. The molecule has 4 rings (SSSR count). The van der Waals surface area contributed by atoms with Crippen LogP contribution in [0.15, 0.2) is 41.8 Å². The second kappa shape index (κ2) is 8.46. The number of benzene rings is 1. The minimum atomic E-state index is -0.588. The van der Waals surface area contributed by atoms with Crippen LogP contribution >= 0.6 is 11.8 Å². The van der Waals surface area contributed by atoms with E-state index < -0.39 is 6.04 Å². The molecule has 8 nitrogen and oxygen atoms in total. The van der Waals surface area contributed by atoms with Crippen molar-refractivity contribution in [3.05, 3.63) is 70.8 Å². The van der Waals surface area contributed by atoms with Gasteiger partial charge in [0.25, 0.3) is 5.78 Å². The summed E-state index contributed by atoms with van der Waals surface area (Å²) in [6.45, 7) is 3.75. The van der Waals surface area contributed by atoms with Crippen LogP contribution in [-0.2, 0) is 18.3 Å². The van der Waals surface area contributed by atoms with Crippen LogP contribution in [0.2, 0.25) is 0 Å². The van der Waals surface area contributed by atoms with Crippen LogP contribution in [0, 0.1) is 19.7 Å². The second-order valence-corrected chi connectivity index (χ2v) is 7.97. The first-order valence-corrected chi connectivity index (χ1v) is 10.9. The number of amides is 1. The minimum absolute atomic E-state index is 0.102. The summed E-state index contributed by atoms with van der Waals surface area (Å²) in [6, 6.07) is 5.58. The fourth-order valence-corrected chi connectivity index (χ4v) is 3.88. The van der Waals surface area contributed by atoms with Gasteiger partial charge in [-0.15, -0.1) is 5.10 Å². The third kappa shape index (κ3) is 4.15. The predicted octanol–water partition coefficient (Wildman–Crippen LogP) is 2.78. The summed E-state index contributed by atoms with van der Waals surface area (Å²) < 4.78 is 17.3. The van der Waals surface area contributed by atoms with Crippen molar-refractivity contribution in [3.8, 4) is 0 Å². The van der Waals surface area contributed by atoms with E-state index in [0.29, 0.717) is 22.3 Å². The zero-order chi connectivity index (χ0) is 22.1. The van der Waals surface area contributed by atoms with Crippen LogP contribution < -0.4 is 5.32 Å². The zero-order valence-corrected chi connectivity index (χ0v) is 18.4. The second-order valence-electron chi connectivity index (χ2n) is 7.20. The topological polar surface area (TPSA) is 90.0 Å². The van der Waals surface area contributed by atoms with Crippen molar-refractivity contribution in [2.24, 2.45) is 7.05 Å². The highest BCUT2D eigenvalue weighted by Gasteiger charge is 2.23. The molecule has 3 aromatic heterocycles. The van der Waals surface area contributed by atoms with Crippen LogP contribution in [0.5, 0.6) is 0 Å². The van der Waals surface area contributed by atoms with Crippen molar-refractivity contribution >= 4 is 23.4 Å². The normalized spacial score (nSPS) is 12.3. The number of nitrogens with one attached hydrogen (secondary N) is 1. The third-order valence-corrected chi connectivity index (χ3v) is 5.69. The smallest absolute Gasteiger partial charge is 0.253 e. The Balaban J connectivity index is 1.65. The number of thioether (sulfide) groups is 1. The number of carbonyl (C=O) groups is 1. The highest BCUT2D eigenvalue weighted by molar-refractivity contribution is 7.98. The van der Waals surface area contributed by atoms with E-state index in [0.717, 1.165) is 17.0 Å². The zero-order valence-electron chi connectivity index (χ0n) is 17.6. The van der Waals surface area contributed by atoms with E-state index in [9.17, 15) is 9.18 Å². The van der Waals surface area contributed by atoms with Crippen LogP contribution in [0.25, 0.3) is 5.78 Å². The van der Waals surface area contributed by atoms with Crippen molar-refractivity contribution in [2.75, 3.05) is 6.26 Å². The lowest BCUT2D eigenvalue weighted by molar-refractivity contribution is -0.121. The highest BCUT2D eigenvalue weighted by atomic mass is 32.2. The lowest BCUT2D eigenvalue weighted by atomic mass is 10.0. The maximum Gasteiger partial charge on any atom is 0.253 e. The Kier molecular flexibility index (Phi) is 5.73. The standard InChI is InChI=1S/C21H22FN7OS/c1-12-16(13(2)29-20(24-12)26-21(27-29)31-4)11-17(30)25-18(19-23-8-9-28(19)3)14-6-5-7-15(22)10-14/h5-10,18H,11H2,1-4H3,(H,25,30)/t18-/m0/s1. The van der Waals surface area contributed by atoms with Crippen molar-refractivity contribution in [1.82, 2.24) is 34.4 Å². The number of halogens is 1. The maximum atomic E-state index is 13.9. The Hall–Kier alpha value is -3.27. The van der Waals surface area contributed by atoms with E-state index in [1.54, 1.807) is 33.6 Å². The fourth-order valence-electron chi connectivity index (χ4n) is 3.54. The first-order valence-electron chi connectivity index (χ1n) is 9.66. The predicted molar refractivity (Wildman–Crippen MR) is 115 cm³/mol. The van der Waals surface area contributed by atoms with Crippen LogP contribution in [0.4, 0.5) is 4.39 Å². The molecule has 0 fully saturated rings. The summed E-state index contributed by atoms with van der Waals surface area (Å²) in [7, 11) is 1.83. The van der Waals surface area contributed by atoms with E-state index in [-0.39, 0.29) is 18.1 Å². The summed E-state index contributed by atoms with van der Waals surface area (Å²) in [6.07, 6.45) is 5.43. The first-order chi connectivity index (χ1) is 14.9. The first kappa shape index (κ1) is 21.0. The van der Waals surface area contributed by atoms with Gasteiger partial charge in [0, 0.05) is 36.4 Å². The molecular formula is C21H22FN7OS. The van der Waals surface area contributed by atoms with E-state index >= 15 is 0 Å². The van der Waals surface area contributed by atoms with Gasteiger partial charge < -0.3 is 9.88 Å². The van der Waals surface area contributed by atoms with Gasteiger partial charge in [-0.1, -0.05) is 23.9 Å². The van der Waals surface area contributed by atoms with E-state index in [2.05, 4.69) is 25.4 Å². The Morgan fingerprint density at radius 2 is 2.10 bits per heavy atom. The van der Waals surface area contributed by atoms with E-state index in [4.69, 9.17) is 0 Å². The lowest BCUT2D eigenvalue weighted by Crippen LogP contribution is -2.32. The summed E-state index contributed by atoms with van der Waals surface area (Å²) in [4.78, 5) is 26.3. The van der Waals surface area contributed by atoms with E-state index in [1.807, 2.05) is 27.2 Å². The van der Waals surface area contributed by atoms with Gasteiger partial charge in [-0.2, -0.15) is 4.98 Å². The summed E-state index contributed by atoms with van der Waals surface area (Å²) in [5.41, 5.74) is 2.93. The largest absolute Gasteiger partial charge is 0.342 e. The van der Waals surface area contributed by atoms with Gasteiger partial charge in [0.1, 0.15) is 17.7 Å². The molecule has 3 heterocycles. The molecule has 1 atom stereocenters. The molecule has 0 aliphatic heterocycles. The Bertz CT molecular complexity index is 1270. The Labute approximate surface area is 182 Å². The van der Waals surface area contributed by atoms with Crippen molar-refractivity contribution in [3.63, 3.8) is 0 Å². The monoisotopic (exact) mass is 439 g/mol. The number of hydrogen-bond acceptors (Lipinski definition) is 6. The molecule has 160 valence electrons. The number of aryl methyl sites for hydroxylation is 3. The average Bonchev–Trinajstić information content (AvgIpc) is 3.35. The van der Waals surface area contributed by atoms with Crippen LogP contribution in [0.3, 0.4) is 0 Å². The number of fused-ring (bicyclic) bond motifs is 1. The van der Waals surface area contributed by atoms with E-state index in [1.165, 1.54) is 23.9 Å². The van der Waals surface area contributed by atoms with Gasteiger partial charge in [-0.25, -0.2) is 18.9 Å². The molecule has 1 N–H and O–H groups in total. The number of carbonyl (C=O) groups excluding carboxylic acids is 1. The molecule has 0 aliphatic carbocycles. The molecule has 4 aromatic rings. The van der Waals surface area contributed by atoms with Gasteiger partial charge in [-0.3, -0.25) is 4.79 Å². The van der Waals surface area contributed by atoms with Gasteiger partial charge >= 0.3 is 0 Å². The minimum Gasteiger partial charge on any atom is -0.342 e. The van der Waals surface area contributed by atoms with Gasteiger partial charge in [0.15, 0.2) is 0 Å². The quantitative estimate of drug-likeness (QED) is 0.465. The van der Waals surface area contributed by atoms with Gasteiger partial charge in [-0.05, 0) is 37.8 Å². The van der Waals surface area contributed by atoms with Crippen LogP contribution in [-0.4, -0.2) is 41.3 Å². The molecule has 1 aromatic carbocycles. The molecule has 0 aliphatic rings. The molecule has 0 spiro atoms. The summed E-state index contributed by atoms with van der Waals surface area (Å²) in [5, 5.41) is 8.06. The molecule has 0 saturated carbocycles. The average molecular weight is 440 g/mol. The number of hydrogen-bond donors (Lipinski definition) is 1. The van der Waals surface area contributed by atoms with Gasteiger partial charge in [0.05, 0.1) is 6.42 Å². The lowest BCUT2D eigenvalue weighted by Gasteiger charge is -2.20. The molecule has 10 heteroatoms. The summed E-state index contributed by atoms with van der Waals surface area (Å²) in [5.74, 6) is 0.522. The highest BCUT2D eigenvalue weighted by Crippen LogP contribution is 2.22. The summed E-state index contributed by atoms with van der Waals surface area (Å²) >= 11 is 1.43. The molecule has 0 bridgehead atoms. The number of imidazole rings is 1. The molecule has 0 radical (unpaired) electrons. The SMILES string of the molecule is CSc1nc2nc(C)c(CC(=O)N[C@@H](c3cccc(F)c3)c3nccn3C)c(C)n2n1. The van der Waals surface area contributed by atoms with Crippen molar-refractivity contribution < 1.29 is 9.18 Å². The Morgan fingerprint density at radius 1 is 1.29 bits per heavy atom. The molecule has 0 unspecified atom stereocenters.